The van der Waals surface area contributed by atoms with Crippen LogP contribution in [0.1, 0.15) is 96.1 Å². The van der Waals surface area contributed by atoms with Gasteiger partial charge in [-0.25, -0.2) is 0 Å². The summed E-state index contributed by atoms with van der Waals surface area (Å²) in [4.78, 5) is 2.53. The molecule has 0 amide bonds. The molecular weight excluding hydrogens is 290 g/mol. The maximum atomic E-state index is 2.53. The molecule has 0 N–H and O–H groups in total. The number of aryl methyl sites for hydroxylation is 1. The third-order valence-corrected chi connectivity index (χ3v) is 5.61. The topological polar surface area (TPSA) is 3.24 Å². The maximum Gasteiger partial charge on any atom is 0.0404 e. The lowest BCUT2D eigenvalue weighted by molar-refractivity contribution is 0.152. The molecule has 138 valence electrons. The van der Waals surface area contributed by atoms with Crippen molar-refractivity contribution in [3.63, 3.8) is 0 Å². The van der Waals surface area contributed by atoms with Gasteiger partial charge in [-0.1, -0.05) is 89.0 Å². The van der Waals surface area contributed by atoms with E-state index in [2.05, 4.69) is 63.9 Å². The van der Waals surface area contributed by atoms with Crippen molar-refractivity contribution >= 4 is 0 Å². The monoisotopic (exact) mass is 331 g/mol. The summed E-state index contributed by atoms with van der Waals surface area (Å²) in [5.74, 6) is 0. The van der Waals surface area contributed by atoms with Crippen LogP contribution in [0.25, 0.3) is 0 Å². The molecular formula is C23H41N. The van der Waals surface area contributed by atoms with Crippen LogP contribution in [0.5, 0.6) is 0 Å². The fourth-order valence-electron chi connectivity index (χ4n) is 3.58. The molecule has 0 aliphatic rings. The first-order valence-electron chi connectivity index (χ1n) is 10.3. The standard InChI is InChI=1S/C23H41N/c1-6-7-8-9-10-11-12-13-14-17-20-24(5)23(3,4)22-19-16-15-18-21(22)2/h15-16,18-19H,6-14,17,20H2,1-5H3. The largest absolute Gasteiger partial charge is 0.297 e. The predicted octanol–water partition coefficient (Wildman–Crippen LogP) is 7.08. The third-order valence-electron chi connectivity index (χ3n) is 5.61. The van der Waals surface area contributed by atoms with Gasteiger partial charge >= 0.3 is 0 Å². The van der Waals surface area contributed by atoms with E-state index >= 15 is 0 Å². The molecule has 0 spiro atoms. The van der Waals surface area contributed by atoms with Crippen LogP contribution in [-0.4, -0.2) is 18.5 Å². The molecule has 0 aliphatic heterocycles. The fourth-order valence-corrected chi connectivity index (χ4v) is 3.58. The number of benzene rings is 1. The molecule has 0 aliphatic carbocycles. The molecule has 0 heterocycles. The fraction of sp³-hybridized carbons (Fsp3) is 0.739. The summed E-state index contributed by atoms with van der Waals surface area (Å²) in [6, 6.07) is 8.81. The summed E-state index contributed by atoms with van der Waals surface area (Å²) >= 11 is 0. The first-order chi connectivity index (χ1) is 11.5. The molecule has 0 radical (unpaired) electrons. The number of nitrogens with zero attached hydrogens (tertiary/aromatic N) is 1. The second-order valence-electron chi connectivity index (χ2n) is 7.98. The Morgan fingerprint density at radius 1 is 0.792 bits per heavy atom. The van der Waals surface area contributed by atoms with Gasteiger partial charge in [0.25, 0.3) is 0 Å². The van der Waals surface area contributed by atoms with Gasteiger partial charge in [-0.3, -0.25) is 4.90 Å². The lowest BCUT2D eigenvalue weighted by Gasteiger charge is -2.37. The van der Waals surface area contributed by atoms with Crippen molar-refractivity contribution in [2.75, 3.05) is 13.6 Å². The minimum atomic E-state index is 0.116. The van der Waals surface area contributed by atoms with Crippen molar-refractivity contribution < 1.29 is 0 Å². The molecule has 1 rings (SSSR count). The van der Waals surface area contributed by atoms with Crippen molar-refractivity contribution in [3.05, 3.63) is 35.4 Å². The van der Waals surface area contributed by atoms with E-state index in [0.717, 1.165) is 0 Å². The molecule has 1 heteroatoms. The Bertz CT molecular complexity index is 435. The van der Waals surface area contributed by atoms with Crippen molar-refractivity contribution in [3.8, 4) is 0 Å². The van der Waals surface area contributed by atoms with E-state index in [1.165, 1.54) is 81.9 Å². The number of hydrogen-bond donors (Lipinski definition) is 0. The van der Waals surface area contributed by atoms with Crippen LogP contribution in [0.2, 0.25) is 0 Å². The van der Waals surface area contributed by atoms with Crippen LogP contribution in [0.3, 0.4) is 0 Å². The molecule has 1 nitrogen and oxygen atoms in total. The van der Waals surface area contributed by atoms with Crippen LogP contribution >= 0.6 is 0 Å². The van der Waals surface area contributed by atoms with Crippen LogP contribution in [0, 0.1) is 6.92 Å². The van der Waals surface area contributed by atoms with E-state index < -0.39 is 0 Å². The summed E-state index contributed by atoms with van der Waals surface area (Å²) in [6.07, 6.45) is 14.1. The van der Waals surface area contributed by atoms with Crippen LogP contribution < -0.4 is 0 Å². The van der Waals surface area contributed by atoms with Crippen LogP contribution in [0.15, 0.2) is 24.3 Å². The highest BCUT2D eigenvalue weighted by Gasteiger charge is 2.26. The molecule has 1 aromatic carbocycles. The minimum Gasteiger partial charge on any atom is -0.297 e. The molecule has 0 atom stereocenters. The zero-order valence-electron chi connectivity index (χ0n) is 17.0. The molecule has 1 aromatic rings. The van der Waals surface area contributed by atoms with Gasteiger partial charge < -0.3 is 0 Å². The van der Waals surface area contributed by atoms with E-state index in [9.17, 15) is 0 Å². The van der Waals surface area contributed by atoms with Crippen molar-refractivity contribution in [2.24, 2.45) is 0 Å². The average Bonchev–Trinajstić information content (AvgIpc) is 2.56. The smallest absolute Gasteiger partial charge is 0.0404 e. The van der Waals surface area contributed by atoms with Gasteiger partial charge in [0.1, 0.15) is 0 Å². The van der Waals surface area contributed by atoms with E-state index in [-0.39, 0.29) is 5.54 Å². The molecule has 0 saturated heterocycles. The first-order valence-corrected chi connectivity index (χ1v) is 10.3. The van der Waals surface area contributed by atoms with E-state index in [0.29, 0.717) is 0 Å². The quantitative estimate of drug-likeness (QED) is 0.349. The third kappa shape index (κ3) is 7.38. The molecule has 0 fully saturated rings. The highest BCUT2D eigenvalue weighted by Crippen LogP contribution is 2.29. The van der Waals surface area contributed by atoms with Gasteiger partial charge in [0.2, 0.25) is 0 Å². The summed E-state index contributed by atoms with van der Waals surface area (Å²) < 4.78 is 0. The summed E-state index contributed by atoms with van der Waals surface area (Å²) in [6.45, 7) is 10.4. The second-order valence-corrected chi connectivity index (χ2v) is 7.98. The van der Waals surface area contributed by atoms with Crippen molar-refractivity contribution in [2.45, 2.75) is 97.4 Å². The lowest BCUT2D eigenvalue weighted by Crippen LogP contribution is -2.39. The zero-order valence-corrected chi connectivity index (χ0v) is 17.0. The Balaban J connectivity index is 2.17. The Kier molecular flexibility index (Phi) is 10.3. The van der Waals surface area contributed by atoms with Gasteiger partial charge in [0.15, 0.2) is 0 Å². The van der Waals surface area contributed by atoms with Gasteiger partial charge in [-0.2, -0.15) is 0 Å². The average molecular weight is 332 g/mol. The highest BCUT2D eigenvalue weighted by molar-refractivity contribution is 5.31. The van der Waals surface area contributed by atoms with E-state index in [4.69, 9.17) is 0 Å². The molecule has 0 bridgehead atoms. The number of unbranched alkanes of at least 4 members (excludes halogenated alkanes) is 9. The van der Waals surface area contributed by atoms with Gasteiger partial charge in [0.05, 0.1) is 0 Å². The second kappa shape index (κ2) is 11.7. The summed E-state index contributed by atoms with van der Waals surface area (Å²) in [5, 5.41) is 0. The van der Waals surface area contributed by atoms with Crippen molar-refractivity contribution in [1.82, 2.24) is 4.90 Å². The Morgan fingerprint density at radius 2 is 1.29 bits per heavy atom. The SMILES string of the molecule is CCCCCCCCCCCCN(C)C(C)(C)c1ccccc1C. The Labute approximate surface area is 151 Å². The maximum absolute atomic E-state index is 2.53. The lowest BCUT2D eigenvalue weighted by atomic mass is 9.89. The first kappa shape index (κ1) is 21.2. The predicted molar refractivity (Wildman–Crippen MR) is 109 cm³/mol. The van der Waals surface area contributed by atoms with E-state index in [1.807, 2.05) is 0 Å². The van der Waals surface area contributed by atoms with Crippen LogP contribution in [-0.2, 0) is 5.54 Å². The molecule has 0 saturated carbocycles. The molecule has 24 heavy (non-hydrogen) atoms. The highest BCUT2D eigenvalue weighted by atomic mass is 15.2. The minimum absolute atomic E-state index is 0.116. The summed E-state index contributed by atoms with van der Waals surface area (Å²) in [5.41, 5.74) is 2.97. The van der Waals surface area contributed by atoms with Crippen LogP contribution in [0.4, 0.5) is 0 Å². The number of hydrogen-bond acceptors (Lipinski definition) is 1. The van der Waals surface area contributed by atoms with Gasteiger partial charge in [-0.05, 0) is 51.9 Å². The zero-order chi connectivity index (χ0) is 17.8. The van der Waals surface area contributed by atoms with Gasteiger partial charge in [0, 0.05) is 5.54 Å². The normalized spacial score (nSPS) is 12.1. The van der Waals surface area contributed by atoms with E-state index in [1.54, 1.807) is 0 Å². The number of rotatable bonds is 13. The Hall–Kier alpha value is -0.820. The van der Waals surface area contributed by atoms with Gasteiger partial charge in [-0.15, -0.1) is 0 Å². The summed E-state index contributed by atoms with van der Waals surface area (Å²) in [7, 11) is 2.28. The molecule has 0 unspecified atom stereocenters. The Morgan fingerprint density at radius 3 is 1.83 bits per heavy atom. The van der Waals surface area contributed by atoms with Crippen molar-refractivity contribution in [1.29, 1.82) is 0 Å². The molecule has 0 aromatic heterocycles.